The summed E-state index contributed by atoms with van der Waals surface area (Å²) in [5.74, 6) is 0.788. The third-order valence-corrected chi connectivity index (χ3v) is 7.27. The molecular formula is C30H33N5O2. The fourth-order valence-electron chi connectivity index (χ4n) is 4.97. The van der Waals surface area contributed by atoms with Gasteiger partial charge in [0.15, 0.2) is 0 Å². The molecule has 0 unspecified atom stereocenters. The van der Waals surface area contributed by atoms with E-state index in [4.69, 9.17) is 0 Å². The Labute approximate surface area is 217 Å². The third-order valence-electron chi connectivity index (χ3n) is 7.27. The minimum Gasteiger partial charge on any atom is -0.353 e. The number of amides is 1. The van der Waals surface area contributed by atoms with Gasteiger partial charge >= 0.3 is 0 Å². The maximum atomic E-state index is 13.3. The third kappa shape index (κ3) is 4.94. The van der Waals surface area contributed by atoms with Gasteiger partial charge in [-0.15, -0.1) is 5.10 Å². The Balaban J connectivity index is 1.30. The molecule has 7 nitrogen and oxygen atoms in total. The van der Waals surface area contributed by atoms with E-state index in [-0.39, 0.29) is 11.5 Å². The molecule has 1 aliphatic heterocycles. The molecule has 5 rings (SSSR count). The maximum Gasteiger partial charge on any atom is 0.271 e. The van der Waals surface area contributed by atoms with E-state index in [0.717, 1.165) is 35.7 Å². The van der Waals surface area contributed by atoms with Gasteiger partial charge in [-0.2, -0.15) is 4.68 Å². The molecule has 3 heterocycles. The van der Waals surface area contributed by atoms with E-state index in [9.17, 15) is 9.59 Å². The molecule has 1 saturated heterocycles. The van der Waals surface area contributed by atoms with Crippen LogP contribution in [-0.2, 0) is 0 Å². The highest BCUT2D eigenvalue weighted by Crippen LogP contribution is 2.19. The molecule has 0 spiro atoms. The number of aromatic nitrogens is 3. The van der Waals surface area contributed by atoms with Crippen LogP contribution in [-0.4, -0.2) is 51.3 Å². The summed E-state index contributed by atoms with van der Waals surface area (Å²) < 4.78 is 3.65. The molecule has 2 aromatic carbocycles. The lowest BCUT2D eigenvalue weighted by molar-refractivity contribution is 0.0767. The van der Waals surface area contributed by atoms with Crippen LogP contribution in [0.3, 0.4) is 0 Å². The highest BCUT2D eigenvalue weighted by atomic mass is 16.2. The van der Waals surface area contributed by atoms with Gasteiger partial charge in [-0.05, 0) is 99.8 Å². The summed E-state index contributed by atoms with van der Waals surface area (Å²) in [7, 11) is 0. The number of carbonyl (C=O) groups is 1. The van der Waals surface area contributed by atoms with Gasteiger partial charge in [0.05, 0.1) is 5.69 Å². The average molecular weight is 496 g/mol. The zero-order valence-electron chi connectivity index (χ0n) is 21.9. The minimum absolute atomic E-state index is 0.0439. The second-order valence-electron chi connectivity index (χ2n) is 9.84. The smallest absolute Gasteiger partial charge is 0.271 e. The van der Waals surface area contributed by atoms with Crippen molar-refractivity contribution in [2.45, 2.75) is 34.1 Å². The molecule has 0 aliphatic carbocycles. The van der Waals surface area contributed by atoms with E-state index in [2.05, 4.69) is 47.5 Å². The fraction of sp³-hybridized carbons (Fsp3) is 0.300. The Morgan fingerprint density at radius 3 is 2.14 bits per heavy atom. The quantitative estimate of drug-likeness (QED) is 0.415. The van der Waals surface area contributed by atoms with Gasteiger partial charge in [-0.1, -0.05) is 6.07 Å². The van der Waals surface area contributed by atoms with E-state index in [1.165, 1.54) is 21.6 Å². The molecule has 1 amide bonds. The van der Waals surface area contributed by atoms with E-state index >= 15 is 0 Å². The molecule has 1 fully saturated rings. The lowest BCUT2D eigenvalue weighted by atomic mass is 10.1. The van der Waals surface area contributed by atoms with E-state index < -0.39 is 0 Å². The van der Waals surface area contributed by atoms with Crippen molar-refractivity contribution in [3.8, 4) is 11.4 Å². The van der Waals surface area contributed by atoms with Crippen molar-refractivity contribution >= 4 is 11.7 Å². The summed E-state index contributed by atoms with van der Waals surface area (Å²) in [5.41, 5.74) is 6.98. The predicted octanol–water partition coefficient (Wildman–Crippen LogP) is 4.61. The van der Waals surface area contributed by atoms with Gasteiger partial charge in [-0.3, -0.25) is 9.59 Å². The van der Waals surface area contributed by atoms with Crippen molar-refractivity contribution in [3.63, 3.8) is 0 Å². The minimum atomic E-state index is -0.160. The average Bonchev–Trinajstić information content (AvgIpc) is 3.07. The largest absolute Gasteiger partial charge is 0.353 e. The maximum absolute atomic E-state index is 13.3. The number of rotatable bonds is 4. The molecule has 190 valence electrons. The zero-order chi connectivity index (χ0) is 26.1. The lowest BCUT2D eigenvalue weighted by Gasteiger charge is -2.23. The van der Waals surface area contributed by atoms with Crippen LogP contribution in [0, 0.1) is 27.7 Å². The molecule has 0 radical (unpaired) electrons. The number of hydrogen-bond acceptors (Lipinski definition) is 4. The normalized spacial score (nSPS) is 14.1. The van der Waals surface area contributed by atoms with Crippen LogP contribution >= 0.6 is 0 Å². The molecule has 0 N–H and O–H groups in total. The second-order valence-corrected chi connectivity index (χ2v) is 9.84. The summed E-state index contributed by atoms with van der Waals surface area (Å²) in [4.78, 5) is 30.0. The summed E-state index contributed by atoms with van der Waals surface area (Å²) in [5, 5.41) is 4.68. The number of benzene rings is 2. The molecule has 2 aromatic heterocycles. The van der Waals surface area contributed by atoms with Gasteiger partial charge in [-0.25, -0.2) is 0 Å². The number of aryl methyl sites for hydroxylation is 4. The Kier molecular flexibility index (Phi) is 6.70. The lowest BCUT2D eigenvalue weighted by Crippen LogP contribution is -2.36. The fourth-order valence-corrected chi connectivity index (χ4v) is 4.97. The standard InChI is InChI=1S/C30H33N5O2/c1-21-6-11-27(20-22(21)2)35-29(36)15-14-28(31-35)32-16-5-17-33(19-18-32)30(37)25-9-12-26(13-10-25)34-23(3)7-8-24(34)4/h6-15,20H,5,16-19H2,1-4H3. The molecule has 1 aliphatic rings. The Morgan fingerprint density at radius 2 is 1.43 bits per heavy atom. The first-order chi connectivity index (χ1) is 17.8. The zero-order valence-corrected chi connectivity index (χ0v) is 21.9. The number of carbonyl (C=O) groups excluding carboxylic acids is 1. The highest BCUT2D eigenvalue weighted by Gasteiger charge is 2.22. The van der Waals surface area contributed by atoms with Gasteiger partial charge in [0.25, 0.3) is 11.5 Å². The van der Waals surface area contributed by atoms with E-state index in [0.29, 0.717) is 25.2 Å². The first-order valence-electron chi connectivity index (χ1n) is 12.8. The van der Waals surface area contributed by atoms with Crippen molar-refractivity contribution in [1.29, 1.82) is 0 Å². The SMILES string of the molecule is Cc1ccc(-n2nc(N3CCCN(C(=O)c4ccc(-n5c(C)ccc5C)cc4)CC3)ccc2=O)cc1C. The molecule has 0 bridgehead atoms. The van der Waals surface area contributed by atoms with Crippen LogP contribution < -0.4 is 10.5 Å². The first-order valence-corrected chi connectivity index (χ1v) is 12.8. The molecule has 0 saturated carbocycles. The van der Waals surface area contributed by atoms with Gasteiger partial charge in [0.2, 0.25) is 0 Å². The number of anilines is 1. The Bertz CT molecular complexity index is 1480. The number of nitrogens with zero attached hydrogens (tertiary/aromatic N) is 5. The summed E-state index contributed by atoms with van der Waals surface area (Å²) in [6.45, 7) is 11.0. The van der Waals surface area contributed by atoms with Gasteiger partial charge in [0, 0.05) is 54.9 Å². The van der Waals surface area contributed by atoms with Crippen LogP contribution in [0.5, 0.6) is 0 Å². The van der Waals surface area contributed by atoms with Crippen molar-refractivity contribution < 1.29 is 4.79 Å². The van der Waals surface area contributed by atoms with Crippen molar-refractivity contribution in [1.82, 2.24) is 19.2 Å². The molecule has 0 atom stereocenters. The summed E-state index contributed by atoms with van der Waals surface area (Å²) in [6, 6.07) is 21.3. The van der Waals surface area contributed by atoms with Crippen molar-refractivity contribution in [2.75, 3.05) is 31.1 Å². The topological polar surface area (TPSA) is 63.4 Å². The van der Waals surface area contributed by atoms with Crippen LogP contribution in [0.4, 0.5) is 5.82 Å². The second kappa shape index (κ2) is 10.1. The first kappa shape index (κ1) is 24.6. The van der Waals surface area contributed by atoms with Crippen LogP contribution in [0.2, 0.25) is 0 Å². The van der Waals surface area contributed by atoms with Crippen molar-refractivity contribution in [2.24, 2.45) is 0 Å². The number of hydrogen-bond donors (Lipinski definition) is 0. The van der Waals surface area contributed by atoms with Crippen LogP contribution in [0.1, 0.15) is 39.3 Å². The summed E-state index contributed by atoms with van der Waals surface area (Å²) >= 11 is 0. The monoisotopic (exact) mass is 495 g/mol. The molecule has 37 heavy (non-hydrogen) atoms. The van der Waals surface area contributed by atoms with Crippen LogP contribution in [0.15, 0.2) is 71.5 Å². The molecular weight excluding hydrogens is 462 g/mol. The molecule has 7 heteroatoms. The van der Waals surface area contributed by atoms with E-state index in [1.54, 1.807) is 12.1 Å². The van der Waals surface area contributed by atoms with E-state index in [1.807, 2.05) is 54.3 Å². The summed E-state index contributed by atoms with van der Waals surface area (Å²) in [6.07, 6.45) is 0.829. The molecule has 4 aromatic rings. The van der Waals surface area contributed by atoms with Gasteiger partial charge < -0.3 is 14.4 Å². The van der Waals surface area contributed by atoms with Crippen LogP contribution in [0.25, 0.3) is 11.4 Å². The van der Waals surface area contributed by atoms with Crippen molar-refractivity contribution in [3.05, 3.63) is 105 Å². The Hall–Kier alpha value is -4.13. The predicted molar refractivity (Wildman–Crippen MR) is 147 cm³/mol. The highest BCUT2D eigenvalue weighted by molar-refractivity contribution is 5.94. The van der Waals surface area contributed by atoms with Gasteiger partial charge in [0.1, 0.15) is 5.82 Å². The Morgan fingerprint density at radius 1 is 0.730 bits per heavy atom.